The Kier molecular flexibility index (Phi) is 4.12. The molecule has 78 valence electrons. The van der Waals surface area contributed by atoms with Crippen molar-refractivity contribution in [3.63, 3.8) is 0 Å². The van der Waals surface area contributed by atoms with Crippen LogP contribution in [0.1, 0.15) is 20.3 Å². The normalized spacial score (nSPS) is 25.8. The Balaban J connectivity index is 2.37. The van der Waals surface area contributed by atoms with Crippen LogP contribution in [0.3, 0.4) is 0 Å². The number of rotatable bonds is 4. The summed E-state index contributed by atoms with van der Waals surface area (Å²) < 4.78 is 0. The van der Waals surface area contributed by atoms with Crippen LogP contribution in [0.4, 0.5) is 0 Å². The topological polar surface area (TPSA) is 64.5 Å². The number of hydrogen-bond acceptors (Lipinski definition) is 4. The average molecular weight is 188 g/mol. The molecule has 0 radical (unpaired) electrons. The van der Waals surface area contributed by atoms with Crippen molar-refractivity contribution in [3.05, 3.63) is 0 Å². The highest BCUT2D eigenvalue weighted by molar-refractivity contribution is 4.80. The van der Waals surface area contributed by atoms with Gasteiger partial charge in [-0.1, -0.05) is 13.8 Å². The maximum atomic E-state index is 9.15. The molecule has 0 amide bonds. The number of aliphatic hydroxyl groups is 2. The van der Waals surface area contributed by atoms with Gasteiger partial charge in [0.25, 0.3) is 0 Å². The van der Waals surface area contributed by atoms with Gasteiger partial charge in [0.15, 0.2) is 6.29 Å². The molecule has 1 fully saturated rings. The van der Waals surface area contributed by atoms with Gasteiger partial charge < -0.3 is 20.8 Å². The minimum Gasteiger partial charge on any atom is -0.368 e. The highest BCUT2D eigenvalue weighted by atomic mass is 16.5. The SMILES string of the molecule is CC(C)C(CC1CNCN1)C(O)O. The van der Waals surface area contributed by atoms with Gasteiger partial charge in [0.1, 0.15) is 0 Å². The third kappa shape index (κ3) is 3.23. The first-order chi connectivity index (χ1) is 6.11. The average Bonchev–Trinajstić information content (AvgIpc) is 2.50. The lowest BCUT2D eigenvalue weighted by atomic mass is 9.89. The maximum absolute atomic E-state index is 9.15. The molecule has 1 rings (SSSR count). The van der Waals surface area contributed by atoms with Gasteiger partial charge in [-0.05, 0) is 12.3 Å². The summed E-state index contributed by atoms with van der Waals surface area (Å²) in [5.41, 5.74) is 0. The molecule has 13 heavy (non-hydrogen) atoms. The van der Waals surface area contributed by atoms with E-state index in [1.807, 2.05) is 13.8 Å². The second kappa shape index (κ2) is 4.91. The molecule has 0 spiro atoms. The first-order valence-electron chi connectivity index (χ1n) is 4.91. The summed E-state index contributed by atoms with van der Waals surface area (Å²) >= 11 is 0. The van der Waals surface area contributed by atoms with Crippen molar-refractivity contribution in [2.45, 2.75) is 32.6 Å². The van der Waals surface area contributed by atoms with Crippen LogP contribution in [0, 0.1) is 11.8 Å². The van der Waals surface area contributed by atoms with Crippen molar-refractivity contribution in [1.82, 2.24) is 10.6 Å². The van der Waals surface area contributed by atoms with E-state index in [0.29, 0.717) is 12.0 Å². The van der Waals surface area contributed by atoms with E-state index in [9.17, 15) is 0 Å². The van der Waals surface area contributed by atoms with Crippen LogP contribution in [0.15, 0.2) is 0 Å². The smallest absolute Gasteiger partial charge is 0.154 e. The first-order valence-corrected chi connectivity index (χ1v) is 4.91. The molecule has 0 saturated carbocycles. The van der Waals surface area contributed by atoms with Crippen LogP contribution in [0.25, 0.3) is 0 Å². The van der Waals surface area contributed by atoms with E-state index in [1.165, 1.54) is 0 Å². The van der Waals surface area contributed by atoms with E-state index in [1.54, 1.807) is 0 Å². The van der Waals surface area contributed by atoms with Crippen LogP contribution >= 0.6 is 0 Å². The highest BCUT2D eigenvalue weighted by Crippen LogP contribution is 2.20. The second-order valence-electron chi connectivity index (χ2n) is 4.09. The molecule has 0 aromatic rings. The van der Waals surface area contributed by atoms with Gasteiger partial charge in [0.05, 0.1) is 0 Å². The van der Waals surface area contributed by atoms with Crippen LogP contribution in [0.2, 0.25) is 0 Å². The van der Waals surface area contributed by atoms with Crippen molar-refractivity contribution in [3.8, 4) is 0 Å². The number of nitrogens with one attached hydrogen (secondary N) is 2. The molecule has 0 aromatic carbocycles. The standard InChI is InChI=1S/C9H20N2O2/c1-6(2)8(9(12)13)3-7-4-10-5-11-7/h6-13H,3-5H2,1-2H3. The zero-order chi connectivity index (χ0) is 9.84. The Morgan fingerprint density at radius 2 is 2.08 bits per heavy atom. The number of hydrogen-bond donors (Lipinski definition) is 4. The molecule has 4 nitrogen and oxygen atoms in total. The Morgan fingerprint density at radius 1 is 1.38 bits per heavy atom. The van der Waals surface area contributed by atoms with Gasteiger partial charge in [-0.15, -0.1) is 0 Å². The molecule has 0 aliphatic carbocycles. The zero-order valence-corrected chi connectivity index (χ0v) is 8.33. The van der Waals surface area contributed by atoms with Gasteiger partial charge >= 0.3 is 0 Å². The fourth-order valence-electron chi connectivity index (χ4n) is 1.77. The quantitative estimate of drug-likeness (QED) is 0.448. The molecule has 0 aromatic heterocycles. The van der Waals surface area contributed by atoms with Gasteiger partial charge in [-0.2, -0.15) is 0 Å². The van der Waals surface area contributed by atoms with E-state index < -0.39 is 6.29 Å². The Morgan fingerprint density at radius 3 is 2.46 bits per heavy atom. The van der Waals surface area contributed by atoms with E-state index in [2.05, 4.69) is 10.6 Å². The molecule has 4 heteroatoms. The summed E-state index contributed by atoms with van der Waals surface area (Å²) in [5, 5.41) is 24.7. The second-order valence-corrected chi connectivity index (χ2v) is 4.09. The fraction of sp³-hybridized carbons (Fsp3) is 1.00. The molecule has 4 N–H and O–H groups in total. The van der Waals surface area contributed by atoms with Crippen LogP contribution in [-0.4, -0.2) is 35.8 Å². The Bertz CT molecular complexity index is 137. The summed E-state index contributed by atoms with van der Waals surface area (Å²) in [4.78, 5) is 0. The van der Waals surface area contributed by atoms with E-state index in [0.717, 1.165) is 19.6 Å². The lowest BCUT2D eigenvalue weighted by molar-refractivity contribution is -0.100. The molecule has 0 bridgehead atoms. The highest BCUT2D eigenvalue weighted by Gasteiger charge is 2.25. The van der Waals surface area contributed by atoms with E-state index >= 15 is 0 Å². The third-order valence-electron chi connectivity index (χ3n) is 2.70. The Labute approximate surface area is 79.3 Å². The van der Waals surface area contributed by atoms with Crippen LogP contribution in [-0.2, 0) is 0 Å². The monoisotopic (exact) mass is 188 g/mol. The van der Waals surface area contributed by atoms with Crippen molar-refractivity contribution in [1.29, 1.82) is 0 Å². The molecule has 1 heterocycles. The van der Waals surface area contributed by atoms with Gasteiger partial charge in [-0.3, -0.25) is 0 Å². The summed E-state index contributed by atoms with van der Waals surface area (Å²) in [6, 6.07) is 0.384. The summed E-state index contributed by atoms with van der Waals surface area (Å²) in [7, 11) is 0. The largest absolute Gasteiger partial charge is 0.368 e. The van der Waals surface area contributed by atoms with Gasteiger partial charge in [-0.25, -0.2) is 0 Å². The minimum atomic E-state index is -1.19. The molecular weight excluding hydrogens is 168 g/mol. The van der Waals surface area contributed by atoms with Crippen molar-refractivity contribution in [2.24, 2.45) is 11.8 Å². The van der Waals surface area contributed by atoms with E-state index in [-0.39, 0.29) is 5.92 Å². The van der Waals surface area contributed by atoms with Crippen LogP contribution in [0.5, 0.6) is 0 Å². The van der Waals surface area contributed by atoms with E-state index in [4.69, 9.17) is 10.2 Å². The predicted octanol–water partition coefficient (Wildman–Crippen LogP) is -0.522. The van der Waals surface area contributed by atoms with Crippen LogP contribution < -0.4 is 10.6 Å². The number of aliphatic hydroxyl groups excluding tert-OH is 1. The summed E-state index contributed by atoms with van der Waals surface area (Å²) in [5.74, 6) is 0.278. The molecule has 1 aliphatic heterocycles. The Hall–Kier alpha value is -0.160. The molecule has 2 atom stereocenters. The molecule has 1 aliphatic rings. The lowest BCUT2D eigenvalue weighted by Crippen LogP contribution is -2.34. The summed E-state index contributed by atoms with van der Waals surface area (Å²) in [6.07, 6.45) is -0.370. The zero-order valence-electron chi connectivity index (χ0n) is 8.33. The third-order valence-corrected chi connectivity index (χ3v) is 2.70. The van der Waals surface area contributed by atoms with Crippen molar-refractivity contribution < 1.29 is 10.2 Å². The van der Waals surface area contributed by atoms with Crippen molar-refractivity contribution in [2.75, 3.05) is 13.2 Å². The fourth-order valence-corrected chi connectivity index (χ4v) is 1.77. The first kappa shape index (κ1) is 10.9. The van der Waals surface area contributed by atoms with Gasteiger partial charge in [0.2, 0.25) is 0 Å². The summed E-state index contributed by atoms with van der Waals surface area (Å²) in [6.45, 7) is 5.80. The van der Waals surface area contributed by atoms with Crippen molar-refractivity contribution >= 4 is 0 Å². The maximum Gasteiger partial charge on any atom is 0.154 e. The van der Waals surface area contributed by atoms with Gasteiger partial charge in [0, 0.05) is 25.2 Å². The molecule has 1 saturated heterocycles. The predicted molar refractivity (Wildman–Crippen MR) is 51.0 cm³/mol. The lowest BCUT2D eigenvalue weighted by Gasteiger charge is -2.25. The minimum absolute atomic E-state index is 0.0302. The molecular formula is C9H20N2O2. The molecule has 2 unspecified atom stereocenters.